The van der Waals surface area contributed by atoms with Crippen molar-refractivity contribution >= 4 is 29.3 Å². The Morgan fingerprint density at radius 2 is 2.22 bits per heavy atom. The van der Waals surface area contributed by atoms with Crippen molar-refractivity contribution in [1.82, 2.24) is 10.6 Å². The number of nitrogens with one attached hydrogen (secondary N) is 2. The Morgan fingerprint density at radius 1 is 1.50 bits per heavy atom. The van der Waals surface area contributed by atoms with Crippen molar-refractivity contribution in [3.05, 3.63) is 28.8 Å². The third-order valence-corrected chi connectivity index (χ3v) is 3.94. The van der Waals surface area contributed by atoms with Gasteiger partial charge in [-0.15, -0.1) is 11.8 Å². The van der Waals surface area contributed by atoms with Crippen molar-refractivity contribution in [3.8, 4) is 0 Å². The van der Waals surface area contributed by atoms with E-state index in [0.29, 0.717) is 12.3 Å². The molecule has 1 aromatic rings. The first-order valence-corrected chi connectivity index (χ1v) is 7.31. The van der Waals surface area contributed by atoms with Crippen LogP contribution in [0.15, 0.2) is 23.1 Å². The summed E-state index contributed by atoms with van der Waals surface area (Å²) in [4.78, 5) is 12.4. The van der Waals surface area contributed by atoms with Gasteiger partial charge in [0.1, 0.15) is 0 Å². The molecule has 0 bridgehead atoms. The molecule has 0 aromatic heterocycles. The second kappa shape index (κ2) is 7.67. The lowest BCUT2D eigenvalue weighted by Crippen LogP contribution is -2.24. The Balaban J connectivity index is 2.64. The van der Waals surface area contributed by atoms with E-state index in [1.165, 1.54) is 11.8 Å². The van der Waals surface area contributed by atoms with Gasteiger partial charge in [-0.05, 0) is 38.6 Å². The van der Waals surface area contributed by atoms with Gasteiger partial charge in [-0.3, -0.25) is 4.79 Å². The number of thioether (sulfide) groups is 1. The minimum Gasteiger partial charge on any atom is -0.356 e. The van der Waals surface area contributed by atoms with E-state index in [9.17, 15) is 4.79 Å². The number of rotatable bonds is 6. The maximum atomic E-state index is 11.3. The van der Waals surface area contributed by atoms with E-state index in [-0.39, 0.29) is 11.9 Å². The number of hydrogen-bond donors (Lipinski definition) is 2. The normalized spacial score (nSPS) is 12.2. The Kier molecular flexibility index (Phi) is 6.54. The molecule has 0 heterocycles. The smallest absolute Gasteiger partial charge is 0.230 e. The summed E-state index contributed by atoms with van der Waals surface area (Å²) in [7, 11) is 1.90. The molecule has 1 unspecified atom stereocenters. The van der Waals surface area contributed by atoms with Gasteiger partial charge in [0.2, 0.25) is 5.91 Å². The summed E-state index contributed by atoms with van der Waals surface area (Å²) in [5, 5.41) is 6.65. The highest BCUT2D eigenvalue weighted by Gasteiger charge is 2.09. The van der Waals surface area contributed by atoms with Crippen molar-refractivity contribution in [2.75, 3.05) is 19.3 Å². The second-order valence-electron chi connectivity index (χ2n) is 3.94. The zero-order valence-electron chi connectivity index (χ0n) is 10.9. The SMILES string of the molecule is CCNC(=O)CSc1ccc(C(C)NC)c(Cl)c1. The minimum atomic E-state index is 0.0475. The van der Waals surface area contributed by atoms with E-state index >= 15 is 0 Å². The van der Waals surface area contributed by atoms with Crippen LogP contribution in [0.4, 0.5) is 0 Å². The molecule has 3 nitrogen and oxygen atoms in total. The molecular formula is C13H19ClN2OS. The van der Waals surface area contributed by atoms with Crippen LogP contribution in [-0.2, 0) is 4.79 Å². The number of carbonyl (C=O) groups is 1. The largest absolute Gasteiger partial charge is 0.356 e. The van der Waals surface area contributed by atoms with Crippen LogP contribution in [0.5, 0.6) is 0 Å². The van der Waals surface area contributed by atoms with Crippen LogP contribution in [0.25, 0.3) is 0 Å². The molecule has 0 saturated heterocycles. The monoisotopic (exact) mass is 286 g/mol. The van der Waals surface area contributed by atoms with Gasteiger partial charge in [-0.1, -0.05) is 17.7 Å². The standard InChI is InChI=1S/C13H19ClN2OS/c1-4-16-13(17)8-18-10-5-6-11(9(2)15-3)12(14)7-10/h5-7,9,15H,4,8H2,1-3H3,(H,16,17). The molecule has 1 atom stereocenters. The van der Waals surface area contributed by atoms with Crippen LogP contribution in [0.3, 0.4) is 0 Å². The third kappa shape index (κ3) is 4.52. The van der Waals surface area contributed by atoms with Gasteiger partial charge in [0.05, 0.1) is 5.75 Å². The molecule has 1 rings (SSSR count). The fourth-order valence-electron chi connectivity index (χ4n) is 1.50. The summed E-state index contributed by atoms with van der Waals surface area (Å²) >= 11 is 7.72. The quantitative estimate of drug-likeness (QED) is 0.790. The molecule has 1 amide bonds. The van der Waals surface area contributed by atoms with Crippen molar-refractivity contribution < 1.29 is 4.79 Å². The first kappa shape index (κ1) is 15.3. The zero-order chi connectivity index (χ0) is 13.5. The number of halogens is 1. The van der Waals surface area contributed by atoms with Gasteiger partial charge in [-0.25, -0.2) is 0 Å². The maximum Gasteiger partial charge on any atom is 0.230 e. The number of benzene rings is 1. The molecule has 0 aliphatic carbocycles. The second-order valence-corrected chi connectivity index (χ2v) is 5.39. The van der Waals surface area contributed by atoms with Crippen LogP contribution in [0.2, 0.25) is 5.02 Å². The van der Waals surface area contributed by atoms with Crippen LogP contribution in [0, 0.1) is 0 Å². The summed E-state index contributed by atoms with van der Waals surface area (Å²) in [5.41, 5.74) is 1.07. The Labute approximate surface area is 118 Å². The highest BCUT2D eigenvalue weighted by atomic mass is 35.5. The molecule has 0 aliphatic rings. The van der Waals surface area contributed by atoms with Gasteiger partial charge >= 0.3 is 0 Å². The highest BCUT2D eigenvalue weighted by Crippen LogP contribution is 2.28. The summed E-state index contributed by atoms with van der Waals surface area (Å²) in [5.74, 6) is 0.469. The summed E-state index contributed by atoms with van der Waals surface area (Å²) in [6, 6.07) is 6.14. The Bertz CT molecular complexity index is 412. The summed E-state index contributed by atoms with van der Waals surface area (Å²) < 4.78 is 0. The van der Waals surface area contributed by atoms with E-state index < -0.39 is 0 Å². The molecule has 18 heavy (non-hydrogen) atoms. The molecular weight excluding hydrogens is 268 g/mol. The van der Waals surface area contributed by atoms with Gasteiger partial charge in [0.25, 0.3) is 0 Å². The first-order valence-electron chi connectivity index (χ1n) is 5.94. The summed E-state index contributed by atoms with van der Waals surface area (Å²) in [6.07, 6.45) is 0. The Hall–Kier alpha value is -0.710. The number of amides is 1. The first-order chi connectivity index (χ1) is 8.58. The molecule has 0 aliphatic heterocycles. The van der Waals surface area contributed by atoms with E-state index in [1.807, 2.05) is 32.2 Å². The van der Waals surface area contributed by atoms with Gasteiger partial charge in [0.15, 0.2) is 0 Å². The average molecular weight is 287 g/mol. The van der Waals surface area contributed by atoms with Gasteiger partial charge in [-0.2, -0.15) is 0 Å². The van der Waals surface area contributed by atoms with Crippen LogP contribution in [0.1, 0.15) is 25.5 Å². The average Bonchev–Trinajstić information content (AvgIpc) is 2.36. The van der Waals surface area contributed by atoms with Crippen LogP contribution in [-0.4, -0.2) is 25.3 Å². The van der Waals surface area contributed by atoms with Crippen molar-refractivity contribution in [2.45, 2.75) is 24.8 Å². The molecule has 2 N–H and O–H groups in total. The lowest BCUT2D eigenvalue weighted by molar-refractivity contribution is -0.118. The van der Waals surface area contributed by atoms with Crippen LogP contribution >= 0.6 is 23.4 Å². The number of carbonyl (C=O) groups excluding carboxylic acids is 1. The van der Waals surface area contributed by atoms with Crippen molar-refractivity contribution in [2.24, 2.45) is 0 Å². The fourth-order valence-corrected chi connectivity index (χ4v) is 2.68. The van der Waals surface area contributed by atoms with Crippen molar-refractivity contribution in [3.63, 3.8) is 0 Å². The van der Waals surface area contributed by atoms with E-state index in [1.54, 1.807) is 0 Å². The lowest BCUT2D eigenvalue weighted by atomic mass is 10.1. The molecule has 0 spiro atoms. The molecule has 0 radical (unpaired) electrons. The predicted molar refractivity (Wildman–Crippen MR) is 78.3 cm³/mol. The zero-order valence-corrected chi connectivity index (χ0v) is 12.5. The van der Waals surface area contributed by atoms with Crippen LogP contribution < -0.4 is 10.6 Å². The molecule has 1 aromatic carbocycles. The number of hydrogen-bond acceptors (Lipinski definition) is 3. The Morgan fingerprint density at radius 3 is 2.78 bits per heavy atom. The van der Waals surface area contributed by atoms with Gasteiger partial charge < -0.3 is 10.6 Å². The lowest BCUT2D eigenvalue weighted by Gasteiger charge is -2.13. The third-order valence-electron chi connectivity index (χ3n) is 2.62. The van der Waals surface area contributed by atoms with E-state index in [2.05, 4.69) is 17.6 Å². The highest BCUT2D eigenvalue weighted by molar-refractivity contribution is 8.00. The maximum absolute atomic E-state index is 11.3. The van der Waals surface area contributed by atoms with E-state index in [4.69, 9.17) is 11.6 Å². The predicted octanol–water partition coefficient (Wildman–Crippen LogP) is 2.85. The minimum absolute atomic E-state index is 0.0475. The van der Waals surface area contributed by atoms with E-state index in [0.717, 1.165) is 15.5 Å². The molecule has 0 saturated carbocycles. The topological polar surface area (TPSA) is 41.1 Å². The van der Waals surface area contributed by atoms with Crippen molar-refractivity contribution in [1.29, 1.82) is 0 Å². The molecule has 5 heteroatoms. The summed E-state index contributed by atoms with van der Waals surface area (Å²) in [6.45, 7) is 4.63. The van der Waals surface area contributed by atoms with Gasteiger partial charge in [0, 0.05) is 22.5 Å². The molecule has 100 valence electrons. The fraction of sp³-hybridized carbons (Fsp3) is 0.462. The molecule has 0 fully saturated rings.